The topological polar surface area (TPSA) is 84.5 Å². The third-order valence-electron chi connectivity index (χ3n) is 4.24. The van der Waals surface area contributed by atoms with Gasteiger partial charge >= 0.3 is 12.0 Å². The molecule has 1 fully saturated rings. The minimum atomic E-state index is -0.651. The number of hydrogen-bond acceptors (Lipinski definition) is 4. The van der Waals surface area contributed by atoms with Crippen molar-refractivity contribution in [2.45, 2.75) is 38.6 Å². The second-order valence-electron chi connectivity index (χ2n) is 6.24. The Morgan fingerprint density at radius 3 is 2.60 bits per heavy atom. The summed E-state index contributed by atoms with van der Waals surface area (Å²) in [5.41, 5.74) is 0.852. The summed E-state index contributed by atoms with van der Waals surface area (Å²) in [6.45, 7) is 1.60. The molecule has 2 rings (SSSR count). The summed E-state index contributed by atoms with van der Waals surface area (Å²) < 4.78 is 4.82. The average molecular weight is 344 g/mol. The molecule has 2 atom stereocenters. The van der Waals surface area contributed by atoms with Gasteiger partial charge in [-0.2, -0.15) is 0 Å². The number of hydrogen-bond donors (Lipinski definition) is 2. The van der Waals surface area contributed by atoms with Gasteiger partial charge in [0.15, 0.2) is 6.61 Å². The minimum Gasteiger partial charge on any atom is -0.452 e. The lowest BCUT2D eigenvalue weighted by molar-refractivity contribution is -0.143. The van der Waals surface area contributed by atoms with Crippen LogP contribution in [0.15, 0.2) is 36.4 Å². The molecule has 0 bridgehead atoms. The summed E-state index contributed by atoms with van der Waals surface area (Å²) >= 11 is 0. The van der Waals surface area contributed by atoms with Crippen LogP contribution in [0.5, 0.6) is 0 Å². The number of benzene rings is 1. The SMILES string of the molecule is C[C@H]1CCCC[C@H]1NC(=O)NC(=O)COC(=O)/C=C/c1ccccc1. The van der Waals surface area contributed by atoms with Crippen LogP contribution in [0.25, 0.3) is 6.08 Å². The molecule has 1 aromatic rings. The van der Waals surface area contributed by atoms with Gasteiger partial charge in [0.2, 0.25) is 0 Å². The standard InChI is InChI=1S/C19H24N2O4/c1-14-7-5-6-10-16(14)20-19(24)21-17(22)13-25-18(23)12-11-15-8-3-2-4-9-15/h2-4,8-9,11-12,14,16H,5-7,10,13H2,1H3,(H2,20,21,22,24)/b12-11+/t14-,16+/m0/s1. The maximum absolute atomic E-state index is 11.8. The summed E-state index contributed by atoms with van der Waals surface area (Å²) in [4.78, 5) is 35.1. The molecule has 1 saturated carbocycles. The molecule has 1 aromatic carbocycles. The van der Waals surface area contributed by atoms with Crippen molar-refractivity contribution in [3.8, 4) is 0 Å². The average Bonchev–Trinajstić information content (AvgIpc) is 2.61. The Morgan fingerprint density at radius 2 is 1.88 bits per heavy atom. The van der Waals surface area contributed by atoms with Crippen LogP contribution in [0.2, 0.25) is 0 Å². The van der Waals surface area contributed by atoms with E-state index in [-0.39, 0.29) is 6.04 Å². The van der Waals surface area contributed by atoms with Crippen LogP contribution in [0.4, 0.5) is 4.79 Å². The van der Waals surface area contributed by atoms with E-state index in [1.54, 1.807) is 6.08 Å². The van der Waals surface area contributed by atoms with Crippen molar-refractivity contribution in [2.24, 2.45) is 5.92 Å². The van der Waals surface area contributed by atoms with Crippen LogP contribution in [0, 0.1) is 5.92 Å². The zero-order chi connectivity index (χ0) is 18.1. The third-order valence-corrected chi connectivity index (χ3v) is 4.24. The van der Waals surface area contributed by atoms with Crippen LogP contribution in [-0.2, 0) is 14.3 Å². The lowest BCUT2D eigenvalue weighted by atomic mass is 9.86. The van der Waals surface area contributed by atoms with E-state index in [0.29, 0.717) is 5.92 Å². The summed E-state index contributed by atoms with van der Waals surface area (Å²) in [5, 5.41) is 5.00. The van der Waals surface area contributed by atoms with E-state index in [2.05, 4.69) is 17.6 Å². The molecular weight excluding hydrogens is 320 g/mol. The molecule has 0 aliphatic heterocycles. The van der Waals surface area contributed by atoms with E-state index >= 15 is 0 Å². The molecule has 2 N–H and O–H groups in total. The molecule has 1 aliphatic rings. The van der Waals surface area contributed by atoms with E-state index in [1.165, 1.54) is 12.5 Å². The largest absolute Gasteiger partial charge is 0.452 e. The minimum absolute atomic E-state index is 0.0814. The molecule has 134 valence electrons. The number of carbonyl (C=O) groups is 3. The maximum atomic E-state index is 11.8. The number of ether oxygens (including phenoxy) is 1. The number of imide groups is 1. The second kappa shape index (κ2) is 9.61. The number of rotatable bonds is 5. The van der Waals surface area contributed by atoms with Gasteiger partial charge < -0.3 is 10.1 Å². The van der Waals surface area contributed by atoms with Gasteiger partial charge in [-0.1, -0.05) is 50.1 Å². The van der Waals surface area contributed by atoms with Gasteiger partial charge in [0, 0.05) is 12.1 Å². The van der Waals surface area contributed by atoms with Crippen molar-refractivity contribution < 1.29 is 19.1 Å². The fourth-order valence-corrected chi connectivity index (χ4v) is 2.81. The highest BCUT2D eigenvalue weighted by Gasteiger charge is 2.23. The second-order valence-corrected chi connectivity index (χ2v) is 6.24. The quantitative estimate of drug-likeness (QED) is 0.635. The number of esters is 1. The summed E-state index contributed by atoms with van der Waals surface area (Å²) in [6.07, 6.45) is 7.08. The molecule has 25 heavy (non-hydrogen) atoms. The predicted molar refractivity (Wildman–Crippen MR) is 94.5 cm³/mol. The molecular formula is C19H24N2O4. The van der Waals surface area contributed by atoms with Crippen molar-refractivity contribution in [3.05, 3.63) is 42.0 Å². The van der Waals surface area contributed by atoms with E-state index in [9.17, 15) is 14.4 Å². The van der Waals surface area contributed by atoms with Crippen LogP contribution in [0.3, 0.4) is 0 Å². The van der Waals surface area contributed by atoms with Crippen molar-refractivity contribution >= 4 is 24.0 Å². The lowest BCUT2D eigenvalue weighted by Gasteiger charge is -2.29. The van der Waals surface area contributed by atoms with Crippen molar-refractivity contribution in [1.82, 2.24) is 10.6 Å². The molecule has 6 nitrogen and oxygen atoms in total. The van der Waals surface area contributed by atoms with Crippen LogP contribution < -0.4 is 10.6 Å². The van der Waals surface area contributed by atoms with E-state index in [4.69, 9.17) is 4.74 Å². The number of carbonyl (C=O) groups excluding carboxylic acids is 3. The highest BCUT2D eigenvalue weighted by Crippen LogP contribution is 2.23. The number of urea groups is 1. The lowest BCUT2D eigenvalue weighted by Crippen LogP contribution is -2.48. The molecule has 0 spiro atoms. The van der Waals surface area contributed by atoms with Crippen molar-refractivity contribution in [1.29, 1.82) is 0 Å². The summed E-state index contributed by atoms with van der Waals surface area (Å²) in [6, 6.07) is 8.80. The maximum Gasteiger partial charge on any atom is 0.331 e. The number of nitrogens with one attached hydrogen (secondary N) is 2. The van der Waals surface area contributed by atoms with Crippen molar-refractivity contribution in [2.75, 3.05) is 6.61 Å². The Balaban J connectivity index is 1.68. The molecule has 0 aromatic heterocycles. The molecule has 0 radical (unpaired) electrons. The van der Waals surface area contributed by atoms with Gasteiger partial charge in [0.25, 0.3) is 5.91 Å². The molecule has 0 heterocycles. The Hall–Kier alpha value is -2.63. The Morgan fingerprint density at radius 1 is 1.16 bits per heavy atom. The molecule has 3 amide bonds. The van der Waals surface area contributed by atoms with Crippen molar-refractivity contribution in [3.63, 3.8) is 0 Å². The van der Waals surface area contributed by atoms with Gasteiger partial charge in [0.05, 0.1) is 0 Å². The first-order chi connectivity index (χ1) is 12.0. The van der Waals surface area contributed by atoms with E-state index in [1.807, 2.05) is 30.3 Å². The fourth-order valence-electron chi connectivity index (χ4n) is 2.81. The zero-order valence-corrected chi connectivity index (χ0v) is 14.4. The number of amides is 3. The normalized spacial score (nSPS) is 20.0. The predicted octanol–water partition coefficient (Wildman–Crippen LogP) is 2.65. The third kappa shape index (κ3) is 6.79. The van der Waals surface area contributed by atoms with Gasteiger partial charge in [-0.3, -0.25) is 10.1 Å². The first-order valence-electron chi connectivity index (χ1n) is 8.55. The van der Waals surface area contributed by atoms with Crippen LogP contribution in [-0.4, -0.2) is 30.6 Å². The van der Waals surface area contributed by atoms with Crippen LogP contribution in [0.1, 0.15) is 38.2 Å². The highest BCUT2D eigenvalue weighted by molar-refractivity contribution is 5.96. The first-order valence-corrected chi connectivity index (χ1v) is 8.55. The first kappa shape index (κ1) is 18.7. The van der Waals surface area contributed by atoms with Gasteiger partial charge in [-0.05, 0) is 30.4 Å². The highest BCUT2D eigenvalue weighted by atomic mass is 16.5. The summed E-state index contributed by atoms with van der Waals surface area (Å²) in [5.74, 6) is -0.890. The Bertz CT molecular complexity index is 628. The monoisotopic (exact) mass is 344 g/mol. The molecule has 1 aliphatic carbocycles. The Labute approximate surface area is 147 Å². The molecule has 0 saturated heterocycles. The summed E-state index contributed by atoms with van der Waals surface area (Å²) in [7, 11) is 0. The van der Waals surface area contributed by atoms with E-state index < -0.39 is 24.5 Å². The fraction of sp³-hybridized carbons (Fsp3) is 0.421. The Kier molecular flexibility index (Phi) is 7.19. The zero-order valence-electron chi connectivity index (χ0n) is 14.4. The molecule has 0 unspecified atom stereocenters. The smallest absolute Gasteiger partial charge is 0.331 e. The molecule has 6 heteroatoms. The van der Waals surface area contributed by atoms with E-state index in [0.717, 1.165) is 24.8 Å². The van der Waals surface area contributed by atoms with Gasteiger partial charge in [-0.15, -0.1) is 0 Å². The van der Waals surface area contributed by atoms with Gasteiger partial charge in [0.1, 0.15) is 0 Å². The van der Waals surface area contributed by atoms with Crippen LogP contribution >= 0.6 is 0 Å². The van der Waals surface area contributed by atoms with Gasteiger partial charge in [-0.25, -0.2) is 9.59 Å².